The van der Waals surface area contributed by atoms with Gasteiger partial charge in [-0.2, -0.15) is 12.6 Å². The Morgan fingerprint density at radius 1 is 1.43 bits per heavy atom. The Hall–Kier alpha value is -1.04. The van der Waals surface area contributed by atoms with Gasteiger partial charge in [-0.3, -0.25) is 14.4 Å². The molecular formula is C8H14N2O3S. The molecule has 0 bridgehead atoms. The van der Waals surface area contributed by atoms with Crippen LogP contribution in [-0.4, -0.2) is 35.9 Å². The lowest BCUT2D eigenvalue weighted by molar-refractivity contribution is -0.122. The Bertz CT molecular complexity index is 233. The second kappa shape index (κ2) is 6.42. The predicted octanol–water partition coefficient (Wildman–Crippen LogP) is -0.876. The second-order valence-electron chi connectivity index (χ2n) is 2.88. The highest BCUT2D eigenvalue weighted by Crippen LogP contribution is 2.02. The first kappa shape index (κ1) is 13.0. The van der Waals surface area contributed by atoms with E-state index in [1.807, 2.05) is 0 Å². The Kier molecular flexibility index (Phi) is 5.94. The van der Waals surface area contributed by atoms with Crippen molar-refractivity contribution in [3.8, 4) is 0 Å². The van der Waals surface area contributed by atoms with Gasteiger partial charge in [-0.25, -0.2) is 0 Å². The number of Topliss-reactive ketones (excluding diaryl/α,β-unsaturated/α-hetero) is 1. The molecule has 2 amide bonds. The smallest absolute Gasteiger partial charge is 0.216 e. The monoisotopic (exact) mass is 218 g/mol. The van der Waals surface area contributed by atoms with Crippen LogP contribution in [0.25, 0.3) is 0 Å². The van der Waals surface area contributed by atoms with Crippen LogP contribution in [0, 0.1) is 0 Å². The van der Waals surface area contributed by atoms with Crippen molar-refractivity contribution in [1.29, 1.82) is 0 Å². The maximum Gasteiger partial charge on any atom is 0.216 e. The van der Waals surface area contributed by atoms with Crippen LogP contribution < -0.4 is 10.6 Å². The molecule has 2 atom stereocenters. The van der Waals surface area contributed by atoms with Crippen molar-refractivity contribution in [2.45, 2.75) is 25.1 Å². The summed E-state index contributed by atoms with van der Waals surface area (Å²) in [7, 11) is 0. The lowest BCUT2D eigenvalue weighted by Gasteiger charge is -2.19. The highest BCUT2D eigenvalue weighted by Gasteiger charge is 2.21. The van der Waals surface area contributed by atoms with E-state index in [1.165, 1.54) is 13.8 Å². The van der Waals surface area contributed by atoms with Gasteiger partial charge in [-0.1, -0.05) is 0 Å². The lowest BCUT2D eigenvalue weighted by atomic mass is 10.1. The molecule has 0 aromatic rings. The molecule has 0 rings (SSSR count). The van der Waals surface area contributed by atoms with E-state index in [2.05, 4.69) is 23.3 Å². The average molecular weight is 218 g/mol. The summed E-state index contributed by atoms with van der Waals surface area (Å²) in [4.78, 5) is 31.8. The van der Waals surface area contributed by atoms with Crippen molar-refractivity contribution in [1.82, 2.24) is 10.6 Å². The second-order valence-corrected chi connectivity index (χ2v) is 3.54. The predicted molar refractivity (Wildman–Crippen MR) is 55.1 cm³/mol. The first-order valence-corrected chi connectivity index (χ1v) is 4.63. The quantitative estimate of drug-likeness (QED) is 0.400. The van der Waals surface area contributed by atoms with Gasteiger partial charge in [0.05, 0.1) is 0 Å². The highest BCUT2D eigenvalue weighted by atomic mass is 32.1. The maximum atomic E-state index is 11.0. The van der Waals surface area contributed by atoms with Gasteiger partial charge in [0.25, 0.3) is 0 Å². The van der Waals surface area contributed by atoms with E-state index in [0.29, 0.717) is 6.41 Å². The highest BCUT2D eigenvalue weighted by molar-refractivity contribution is 7.81. The largest absolute Gasteiger partial charge is 0.355 e. The Labute approximate surface area is 88.0 Å². The molecule has 14 heavy (non-hydrogen) atoms. The molecule has 0 aromatic carbocycles. The number of hydrogen-bond acceptors (Lipinski definition) is 4. The first-order chi connectivity index (χ1) is 6.49. The van der Waals surface area contributed by atoms with Crippen molar-refractivity contribution in [2.75, 3.05) is 6.54 Å². The summed E-state index contributed by atoms with van der Waals surface area (Å²) >= 11 is 4.12. The van der Waals surface area contributed by atoms with Crippen LogP contribution in [-0.2, 0) is 14.4 Å². The third-order valence-electron chi connectivity index (χ3n) is 1.63. The van der Waals surface area contributed by atoms with E-state index in [0.717, 1.165) is 0 Å². The van der Waals surface area contributed by atoms with Crippen molar-refractivity contribution in [3.05, 3.63) is 0 Å². The normalized spacial score (nSPS) is 13.9. The van der Waals surface area contributed by atoms with Gasteiger partial charge in [0.1, 0.15) is 6.04 Å². The van der Waals surface area contributed by atoms with E-state index in [1.54, 1.807) is 0 Å². The van der Waals surface area contributed by atoms with Crippen molar-refractivity contribution < 1.29 is 14.4 Å². The number of ketones is 1. The van der Waals surface area contributed by atoms with Crippen LogP contribution in [0.15, 0.2) is 0 Å². The number of amides is 2. The molecule has 0 saturated heterocycles. The van der Waals surface area contributed by atoms with E-state index < -0.39 is 11.3 Å². The third kappa shape index (κ3) is 4.86. The summed E-state index contributed by atoms with van der Waals surface area (Å²) in [5, 5.41) is 4.45. The number of carbonyl (C=O) groups is 3. The lowest BCUT2D eigenvalue weighted by Crippen LogP contribution is -2.46. The molecule has 0 radical (unpaired) electrons. The fourth-order valence-corrected chi connectivity index (χ4v) is 1.33. The molecule has 0 spiro atoms. The standard InChI is InChI=1S/C8H14N2O3S/c1-5(12)8(10-4-11)7(14)3-9-6(2)13/h4,7-8,14H,3H2,1-2H3,(H,9,13)(H,10,11). The van der Waals surface area contributed by atoms with Gasteiger partial charge in [0.15, 0.2) is 5.78 Å². The van der Waals surface area contributed by atoms with Crippen molar-refractivity contribution in [2.24, 2.45) is 0 Å². The summed E-state index contributed by atoms with van der Waals surface area (Å²) in [6, 6.07) is -0.664. The van der Waals surface area contributed by atoms with Crippen molar-refractivity contribution in [3.63, 3.8) is 0 Å². The Balaban J connectivity index is 4.14. The SMILES string of the molecule is CC(=O)NCC(S)C(NC=O)C(C)=O. The van der Waals surface area contributed by atoms with Gasteiger partial charge in [-0.05, 0) is 6.92 Å². The van der Waals surface area contributed by atoms with E-state index in [4.69, 9.17) is 0 Å². The zero-order valence-corrected chi connectivity index (χ0v) is 9.01. The molecule has 0 aliphatic rings. The fourth-order valence-electron chi connectivity index (χ4n) is 0.939. The summed E-state index contributed by atoms with van der Waals surface area (Å²) in [5.74, 6) is -0.389. The molecule has 6 heteroatoms. The van der Waals surface area contributed by atoms with Gasteiger partial charge < -0.3 is 10.6 Å². The van der Waals surface area contributed by atoms with Gasteiger partial charge in [0, 0.05) is 18.7 Å². The number of hydrogen-bond donors (Lipinski definition) is 3. The van der Waals surface area contributed by atoms with Crippen LogP contribution in [0.5, 0.6) is 0 Å². The van der Waals surface area contributed by atoms with Gasteiger partial charge in [-0.15, -0.1) is 0 Å². The zero-order chi connectivity index (χ0) is 11.1. The summed E-state index contributed by atoms with van der Waals surface area (Å²) in [6.45, 7) is 2.97. The molecule has 0 heterocycles. The number of carbonyl (C=O) groups excluding carboxylic acids is 3. The number of rotatable bonds is 6. The number of thiol groups is 1. The minimum absolute atomic E-state index is 0.192. The molecule has 0 aromatic heterocycles. The van der Waals surface area contributed by atoms with Crippen molar-refractivity contribution >= 4 is 30.7 Å². The van der Waals surface area contributed by atoms with Crippen LogP contribution in [0.1, 0.15) is 13.8 Å². The van der Waals surface area contributed by atoms with Crippen LogP contribution in [0.4, 0.5) is 0 Å². The third-order valence-corrected chi connectivity index (χ3v) is 2.11. The molecule has 2 unspecified atom stereocenters. The van der Waals surface area contributed by atoms with E-state index in [9.17, 15) is 14.4 Å². The molecular weight excluding hydrogens is 204 g/mol. The van der Waals surface area contributed by atoms with Gasteiger partial charge >= 0.3 is 0 Å². The molecule has 0 saturated carbocycles. The first-order valence-electron chi connectivity index (χ1n) is 4.11. The average Bonchev–Trinajstić information content (AvgIpc) is 2.09. The summed E-state index contributed by atoms with van der Waals surface area (Å²) in [5.41, 5.74) is 0. The van der Waals surface area contributed by atoms with Crippen LogP contribution in [0.2, 0.25) is 0 Å². The maximum absolute atomic E-state index is 11.0. The minimum atomic E-state index is -0.664. The van der Waals surface area contributed by atoms with E-state index >= 15 is 0 Å². The Morgan fingerprint density at radius 2 is 2.00 bits per heavy atom. The summed E-state index contributed by atoms with van der Waals surface area (Å²) < 4.78 is 0. The molecule has 0 fully saturated rings. The number of nitrogens with one attached hydrogen (secondary N) is 2. The topological polar surface area (TPSA) is 75.3 Å². The molecule has 5 nitrogen and oxygen atoms in total. The van der Waals surface area contributed by atoms with Crippen LogP contribution >= 0.6 is 12.6 Å². The minimum Gasteiger partial charge on any atom is -0.355 e. The summed E-state index contributed by atoms with van der Waals surface area (Å²) in [6.07, 6.45) is 0.447. The van der Waals surface area contributed by atoms with E-state index in [-0.39, 0.29) is 18.2 Å². The zero-order valence-electron chi connectivity index (χ0n) is 8.11. The molecule has 0 aliphatic heterocycles. The molecule has 2 N–H and O–H groups in total. The Morgan fingerprint density at radius 3 is 2.36 bits per heavy atom. The fraction of sp³-hybridized carbons (Fsp3) is 0.625. The van der Waals surface area contributed by atoms with Crippen LogP contribution in [0.3, 0.4) is 0 Å². The van der Waals surface area contributed by atoms with Gasteiger partial charge in [0.2, 0.25) is 12.3 Å². The molecule has 80 valence electrons. The molecule has 0 aliphatic carbocycles.